The highest BCUT2D eigenvalue weighted by atomic mass is 16.2. The quantitative estimate of drug-likeness (QED) is 0.0368. The number of carbonyl (C=O) groups excluding carboxylic acids is 7. The van der Waals surface area contributed by atoms with Crippen molar-refractivity contribution in [1.82, 2.24) is 39.4 Å². The van der Waals surface area contributed by atoms with Crippen molar-refractivity contribution in [1.29, 1.82) is 0 Å². The van der Waals surface area contributed by atoms with Crippen LogP contribution in [0.3, 0.4) is 0 Å². The second-order valence-electron chi connectivity index (χ2n) is 22.8. The lowest BCUT2D eigenvalue weighted by Gasteiger charge is -2.38. The van der Waals surface area contributed by atoms with Crippen LogP contribution in [-0.4, -0.2) is 127 Å². The summed E-state index contributed by atoms with van der Waals surface area (Å²) >= 11 is 0. The standard InChI is InChI=1S/C75H76N10O7/c1-7-66(62-38-24-13-25-39-62)85(51-72(91)83(55(5)60-34-20-11-21-35-60)48-69(88)80(46-67(76)86)52(2)57-28-14-8-15-29-57)73(92)50-84(56(6)61-36-22-12-23-37-61)71(90)49-82(54(4)59-32-18-10-19-33-59)70(89)47-81(53(3)58-30-16-9-17-31-58)68(87)45-79-65-44-63-40-26-42-77-74(63)75-64(65)41-27-43-78-75/h1,8-44,52-56,66,79H,45-51H2,2-6H3,(H2,76,86)/t52-,53-,54-,55-,56-,66-/m0/s1. The fourth-order valence-electron chi connectivity index (χ4n) is 11.6. The first-order valence-corrected chi connectivity index (χ1v) is 30.7. The molecule has 0 aliphatic carbocycles. The van der Waals surface area contributed by atoms with Gasteiger partial charge in [0, 0.05) is 28.9 Å². The van der Waals surface area contributed by atoms with E-state index in [-0.39, 0.29) is 6.54 Å². The van der Waals surface area contributed by atoms with E-state index in [1.54, 1.807) is 63.5 Å². The van der Waals surface area contributed by atoms with E-state index < -0.39 is 117 Å². The summed E-state index contributed by atoms with van der Waals surface area (Å²) in [5.41, 5.74) is 11.9. The molecule has 9 rings (SSSR count). The molecule has 0 unspecified atom stereocenters. The number of rotatable bonds is 27. The Labute approximate surface area is 537 Å². The van der Waals surface area contributed by atoms with Crippen LogP contribution in [0, 0.1) is 12.3 Å². The Hall–Kier alpha value is -11.0. The molecule has 7 aromatic carbocycles. The minimum absolute atomic E-state index is 0.209. The van der Waals surface area contributed by atoms with Crippen LogP contribution >= 0.6 is 0 Å². The predicted octanol–water partition coefficient (Wildman–Crippen LogP) is 10.8. The Kier molecular flexibility index (Phi) is 22.0. The molecule has 6 atom stereocenters. The van der Waals surface area contributed by atoms with Crippen molar-refractivity contribution in [3.8, 4) is 12.3 Å². The summed E-state index contributed by atoms with van der Waals surface area (Å²) in [5, 5.41) is 4.93. The van der Waals surface area contributed by atoms with E-state index in [2.05, 4.69) is 21.2 Å². The summed E-state index contributed by atoms with van der Waals surface area (Å²) in [5.74, 6) is -1.52. The van der Waals surface area contributed by atoms with Crippen molar-refractivity contribution in [2.24, 2.45) is 5.73 Å². The third-order valence-electron chi connectivity index (χ3n) is 17.0. The van der Waals surface area contributed by atoms with Gasteiger partial charge in [-0.2, -0.15) is 0 Å². The predicted molar refractivity (Wildman–Crippen MR) is 357 cm³/mol. The van der Waals surface area contributed by atoms with Crippen molar-refractivity contribution in [2.75, 3.05) is 51.1 Å². The van der Waals surface area contributed by atoms with Crippen molar-refractivity contribution >= 4 is 68.8 Å². The Bertz CT molecular complexity index is 4050. The Morgan fingerprint density at radius 2 is 0.696 bits per heavy atom. The first-order chi connectivity index (χ1) is 44.5. The van der Waals surface area contributed by atoms with Gasteiger partial charge in [-0.25, -0.2) is 0 Å². The second kappa shape index (κ2) is 31.0. The second-order valence-corrected chi connectivity index (χ2v) is 22.8. The molecule has 0 aliphatic rings. The van der Waals surface area contributed by atoms with E-state index in [1.165, 1.54) is 29.4 Å². The third-order valence-corrected chi connectivity index (χ3v) is 17.0. The monoisotopic (exact) mass is 1230 g/mol. The number of nitrogens with zero attached hydrogens (tertiary/aromatic N) is 8. The zero-order chi connectivity index (χ0) is 65.3. The maximum absolute atomic E-state index is 15.8. The fourth-order valence-corrected chi connectivity index (χ4v) is 11.6. The Balaban J connectivity index is 1.06. The number of aromatic nitrogens is 2. The largest absolute Gasteiger partial charge is 0.376 e. The molecule has 0 saturated carbocycles. The number of nitrogens with two attached hydrogens (primary N) is 1. The highest BCUT2D eigenvalue weighted by Gasteiger charge is 2.38. The maximum Gasteiger partial charge on any atom is 0.243 e. The summed E-state index contributed by atoms with van der Waals surface area (Å²) in [4.78, 5) is 122. The van der Waals surface area contributed by atoms with Crippen LogP contribution in [-0.2, 0) is 33.6 Å². The van der Waals surface area contributed by atoms with Gasteiger partial charge < -0.3 is 40.4 Å². The van der Waals surface area contributed by atoms with Gasteiger partial charge in [0.1, 0.15) is 38.8 Å². The van der Waals surface area contributed by atoms with Crippen molar-refractivity contribution in [2.45, 2.75) is 70.9 Å². The maximum atomic E-state index is 15.8. The fraction of sp³-hybridized carbons (Fsp3) is 0.240. The number of carbonyl (C=O) groups is 7. The van der Waals surface area contributed by atoms with Crippen molar-refractivity contribution in [3.63, 3.8) is 0 Å². The lowest BCUT2D eigenvalue weighted by molar-refractivity contribution is -0.151. The molecule has 0 aliphatic heterocycles. The molecule has 0 radical (unpaired) electrons. The molecule has 3 N–H and O–H groups in total. The molecule has 92 heavy (non-hydrogen) atoms. The lowest BCUT2D eigenvalue weighted by Crippen LogP contribution is -2.53. The van der Waals surface area contributed by atoms with Gasteiger partial charge in [0.15, 0.2) is 0 Å². The van der Waals surface area contributed by atoms with Gasteiger partial charge in [-0.3, -0.25) is 43.5 Å². The van der Waals surface area contributed by atoms with E-state index in [0.29, 0.717) is 39.0 Å². The van der Waals surface area contributed by atoms with Crippen molar-refractivity contribution in [3.05, 3.63) is 258 Å². The van der Waals surface area contributed by atoms with Gasteiger partial charge in [0.2, 0.25) is 41.4 Å². The number of hydrogen-bond acceptors (Lipinski definition) is 10. The average Bonchev–Trinajstić information content (AvgIpc) is 0.830. The molecule has 0 bridgehead atoms. The topological polar surface area (TPSA) is 203 Å². The van der Waals surface area contributed by atoms with E-state index in [9.17, 15) is 14.4 Å². The van der Waals surface area contributed by atoms with Crippen LogP contribution in [0.25, 0.3) is 21.8 Å². The molecule has 0 spiro atoms. The van der Waals surface area contributed by atoms with Crippen molar-refractivity contribution < 1.29 is 33.6 Å². The summed E-state index contributed by atoms with van der Waals surface area (Å²) in [6, 6.07) is 59.5. The average molecular weight is 1230 g/mol. The van der Waals surface area contributed by atoms with Gasteiger partial charge in [0.25, 0.3) is 0 Å². The molecular formula is C75H76N10O7. The van der Waals surface area contributed by atoms with Crippen LogP contribution in [0.15, 0.2) is 225 Å². The van der Waals surface area contributed by atoms with Gasteiger partial charge in [-0.15, -0.1) is 6.42 Å². The number of primary amides is 1. The van der Waals surface area contributed by atoms with Crippen LogP contribution in [0.2, 0.25) is 0 Å². The Morgan fingerprint density at radius 1 is 0.391 bits per heavy atom. The molecule has 468 valence electrons. The molecule has 9 aromatic rings. The van der Waals surface area contributed by atoms with Gasteiger partial charge in [-0.05, 0) is 92.3 Å². The first kappa shape index (κ1) is 65.5. The number of benzene rings is 7. The molecule has 0 fully saturated rings. The minimum atomic E-state index is -1.17. The van der Waals surface area contributed by atoms with Crippen LogP contribution in [0.5, 0.6) is 0 Å². The molecule has 17 heteroatoms. The van der Waals surface area contributed by atoms with E-state index in [0.717, 1.165) is 21.9 Å². The highest BCUT2D eigenvalue weighted by molar-refractivity contribution is 6.09. The minimum Gasteiger partial charge on any atom is -0.376 e. The van der Waals surface area contributed by atoms with Crippen LogP contribution < -0.4 is 11.1 Å². The number of hydrogen-bond donors (Lipinski definition) is 2. The molecule has 17 nitrogen and oxygen atoms in total. The third kappa shape index (κ3) is 15.9. The summed E-state index contributed by atoms with van der Waals surface area (Å²) in [6.07, 6.45) is 9.81. The van der Waals surface area contributed by atoms with Gasteiger partial charge in [0.05, 0.1) is 54.3 Å². The zero-order valence-electron chi connectivity index (χ0n) is 52.4. The smallest absolute Gasteiger partial charge is 0.243 e. The normalized spacial score (nSPS) is 13.0. The van der Waals surface area contributed by atoms with Crippen LogP contribution in [0.4, 0.5) is 5.69 Å². The van der Waals surface area contributed by atoms with E-state index >= 15 is 19.2 Å². The summed E-state index contributed by atoms with van der Waals surface area (Å²) < 4.78 is 0. The number of nitrogens with one attached hydrogen (secondary N) is 1. The SMILES string of the molecule is C#C[C@@H](c1ccccc1)N(CC(=O)N(CC(=O)N(CC(N)=O)[C@@H](C)c1ccccc1)[C@@H](C)c1ccccc1)C(=O)CN(C(=O)CN(C(=O)CN(C(=O)CNc1cc2cccnc2c2ncccc12)[C@@H](C)c1ccccc1)[C@@H](C)c1ccccc1)[C@@H](C)c1ccccc1. The Morgan fingerprint density at radius 3 is 1.05 bits per heavy atom. The molecule has 2 aromatic heterocycles. The molecule has 2 heterocycles. The van der Waals surface area contributed by atoms with Gasteiger partial charge in [-0.1, -0.05) is 194 Å². The number of terminal acetylenes is 1. The number of anilines is 1. The number of amides is 7. The van der Waals surface area contributed by atoms with Crippen LogP contribution in [0.1, 0.15) is 104 Å². The summed E-state index contributed by atoms with van der Waals surface area (Å²) in [7, 11) is 0. The lowest BCUT2D eigenvalue weighted by atomic mass is 10.0. The highest BCUT2D eigenvalue weighted by Crippen LogP contribution is 2.32. The summed E-state index contributed by atoms with van der Waals surface area (Å²) in [6.45, 7) is 5.55. The molecule has 7 amide bonds. The first-order valence-electron chi connectivity index (χ1n) is 30.7. The number of fused-ring (bicyclic) bond motifs is 3. The van der Waals surface area contributed by atoms with Gasteiger partial charge >= 0.3 is 0 Å². The zero-order valence-corrected chi connectivity index (χ0v) is 52.4. The van der Waals surface area contributed by atoms with E-state index in [1.807, 2.05) is 196 Å². The molecular weight excluding hydrogens is 1150 g/mol. The molecule has 0 saturated heterocycles. The van der Waals surface area contributed by atoms with E-state index in [4.69, 9.17) is 12.2 Å². The number of pyridine rings is 2.